The van der Waals surface area contributed by atoms with E-state index < -0.39 is 10.0 Å². The molecule has 0 unspecified atom stereocenters. The number of nitrogens with zero attached hydrogens (tertiary/aromatic N) is 1. The quantitative estimate of drug-likeness (QED) is 0.363. The van der Waals surface area contributed by atoms with Gasteiger partial charge in [-0.1, -0.05) is 35.3 Å². The lowest BCUT2D eigenvalue weighted by Gasteiger charge is -2.07. The largest absolute Gasteiger partial charge is 0.506 e. The number of aromatic hydroxyl groups is 1. The Morgan fingerprint density at radius 3 is 2.90 bits per heavy atom. The van der Waals surface area contributed by atoms with Gasteiger partial charge in [0.2, 0.25) is 10.0 Å². The van der Waals surface area contributed by atoms with E-state index in [1.807, 2.05) is 30.3 Å². The fraction of sp³-hybridized carbons (Fsp3) is 0.286. The van der Waals surface area contributed by atoms with E-state index in [4.69, 9.17) is 10.5 Å². The lowest BCUT2D eigenvalue weighted by molar-refractivity contribution is 0.307. The lowest BCUT2D eigenvalue weighted by atomic mass is 10.1. The van der Waals surface area contributed by atoms with Gasteiger partial charge in [-0.05, 0) is 42.7 Å². The summed E-state index contributed by atoms with van der Waals surface area (Å²) in [7, 11) is -3.14. The molecule has 0 bridgehead atoms. The Bertz CT molecular complexity index is 1190. The molecule has 3 aromatic rings. The summed E-state index contributed by atoms with van der Waals surface area (Å²) in [6, 6.07) is 11.2. The molecule has 9 heteroatoms. The summed E-state index contributed by atoms with van der Waals surface area (Å²) in [4.78, 5) is 4.10. The van der Waals surface area contributed by atoms with Crippen molar-refractivity contribution in [3.63, 3.8) is 0 Å². The number of ether oxygens (including phenoxy) is 1. The number of anilines is 1. The van der Waals surface area contributed by atoms with E-state index in [2.05, 4.69) is 21.5 Å². The van der Waals surface area contributed by atoms with Crippen LogP contribution in [-0.2, 0) is 16.4 Å². The first kappa shape index (κ1) is 21.9. The summed E-state index contributed by atoms with van der Waals surface area (Å²) in [6.45, 7) is 0.922. The molecule has 0 spiro atoms. The van der Waals surface area contributed by atoms with Crippen molar-refractivity contribution < 1.29 is 18.3 Å². The van der Waals surface area contributed by atoms with Gasteiger partial charge in [0, 0.05) is 18.5 Å². The van der Waals surface area contributed by atoms with Crippen LogP contribution in [0.4, 0.5) is 5.13 Å². The Labute approximate surface area is 180 Å². The summed E-state index contributed by atoms with van der Waals surface area (Å²) < 4.78 is 31.0. The molecule has 0 fully saturated rings. The molecule has 0 saturated carbocycles. The SMILES string of the molecule is CS(=O)(=O)NCCCCOc1cccc(CC#Cc2cc(O)c3nc(N)sc3c2)c1. The van der Waals surface area contributed by atoms with Crippen molar-refractivity contribution in [2.75, 3.05) is 25.1 Å². The van der Waals surface area contributed by atoms with Gasteiger partial charge in [0.1, 0.15) is 17.0 Å². The molecule has 4 N–H and O–H groups in total. The van der Waals surface area contributed by atoms with Gasteiger partial charge in [0.05, 0.1) is 17.6 Å². The van der Waals surface area contributed by atoms with Gasteiger partial charge in [0.15, 0.2) is 5.13 Å². The molecule has 0 aliphatic heterocycles. The van der Waals surface area contributed by atoms with Gasteiger partial charge in [-0.3, -0.25) is 0 Å². The van der Waals surface area contributed by atoms with E-state index in [0.29, 0.717) is 42.2 Å². The molecule has 7 nitrogen and oxygen atoms in total. The molecule has 1 aromatic heterocycles. The van der Waals surface area contributed by atoms with Crippen LogP contribution in [0.25, 0.3) is 10.2 Å². The van der Waals surface area contributed by atoms with Gasteiger partial charge in [-0.25, -0.2) is 18.1 Å². The van der Waals surface area contributed by atoms with E-state index in [0.717, 1.165) is 28.7 Å². The number of aromatic nitrogens is 1. The number of sulfonamides is 1. The highest BCUT2D eigenvalue weighted by molar-refractivity contribution is 7.88. The van der Waals surface area contributed by atoms with E-state index >= 15 is 0 Å². The molecule has 1 heterocycles. The minimum Gasteiger partial charge on any atom is -0.506 e. The zero-order chi connectivity index (χ0) is 21.6. The van der Waals surface area contributed by atoms with Crippen LogP contribution in [0.1, 0.15) is 24.0 Å². The number of nitrogen functional groups attached to an aromatic ring is 1. The molecular weight excluding hydrogens is 422 g/mol. The van der Waals surface area contributed by atoms with E-state index in [-0.39, 0.29) is 5.75 Å². The molecule has 0 saturated heterocycles. The van der Waals surface area contributed by atoms with Crippen LogP contribution < -0.4 is 15.2 Å². The molecule has 30 heavy (non-hydrogen) atoms. The van der Waals surface area contributed by atoms with Crippen LogP contribution in [-0.4, -0.2) is 37.9 Å². The smallest absolute Gasteiger partial charge is 0.208 e. The molecule has 3 rings (SSSR count). The average Bonchev–Trinajstić information content (AvgIpc) is 3.05. The van der Waals surface area contributed by atoms with E-state index in [1.54, 1.807) is 6.07 Å². The van der Waals surface area contributed by atoms with Gasteiger partial charge < -0.3 is 15.6 Å². The third-order valence-electron chi connectivity index (χ3n) is 4.12. The Morgan fingerprint density at radius 1 is 1.27 bits per heavy atom. The average molecular weight is 446 g/mol. The maximum atomic E-state index is 11.0. The molecule has 2 aromatic carbocycles. The van der Waals surface area contributed by atoms with Crippen molar-refractivity contribution >= 4 is 36.7 Å². The number of nitrogens with one attached hydrogen (secondary N) is 1. The predicted octanol–water partition coefficient (Wildman–Crippen LogP) is 2.89. The molecule has 158 valence electrons. The monoisotopic (exact) mass is 445 g/mol. The number of phenolic OH excluding ortho intramolecular Hbond substituents is 1. The standard InChI is InChI=1S/C21H23N3O4S2/c1-30(26,27)23-10-2-3-11-28-17-9-5-7-15(12-17)6-4-8-16-13-18(25)20-19(14-16)29-21(22)24-20/h5,7,9,12-14,23,25H,2-3,6,10-11H2,1H3,(H2,22,24). The third kappa shape index (κ3) is 6.62. The summed E-state index contributed by atoms with van der Waals surface area (Å²) in [5, 5.41) is 10.5. The van der Waals surface area contributed by atoms with Crippen molar-refractivity contribution in [2.24, 2.45) is 0 Å². The summed E-state index contributed by atoms with van der Waals surface area (Å²) >= 11 is 1.31. The van der Waals surface area contributed by atoms with Crippen LogP contribution in [0.2, 0.25) is 0 Å². The van der Waals surface area contributed by atoms with Gasteiger partial charge in [0.25, 0.3) is 0 Å². The summed E-state index contributed by atoms with van der Waals surface area (Å²) in [5.41, 5.74) is 7.92. The number of hydrogen-bond donors (Lipinski definition) is 3. The minimum atomic E-state index is -3.14. The highest BCUT2D eigenvalue weighted by Gasteiger charge is 2.07. The lowest BCUT2D eigenvalue weighted by Crippen LogP contribution is -2.23. The Balaban J connectivity index is 1.52. The van der Waals surface area contributed by atoms with Crippen LogP contribution >= 0.6 is 11.3 Å². The Hall–Kier alpha value is -2.80. The minimum absolute atomic E-state index is 0.0758. The van der Waals surface area contributed by atoms with Gasteiger partial charge >= 0.3 is 0 Å². The number of hydrogen-bond acceptors (Lipinski definition) is 7. The van der Waals surface area contributed by atoms with Crippen molar-refractivity contribution in [1.82, 2.24) is 9.71 Å². The van der Waals surface area contributed by atoms with Crippen LogP contribution in [0.3, 0.4) is 0 Å². The summed E-state index contributed by atoms with van der Waals surface area (Å²) in [5.74, 6) is 7.01. The molecule has 0 atom stereocenters. The second-order valence-electron chi connectivity index (χ2n) is 6.74. The number of benzene rings is 2. The molecule has 0 aliphatic rings. The second kappa shape index (κ2) is 9.80. The van der Waals surface area contributed by atoms with Crippen LogP contribution in [0.5, 0.6) is 11.5 Å². The number of phenols is 1. The number of rotatable bonds is 8. The summed E-state index contributed by atoms with van der Waals surface area (Å²) in [6.07, 6.45) is 3.15. The van der Waals surface area contributed by atoms with Crippen LogP contribution in [0.15, 0.2) is 36.4 Å². The number of thiazole rings is 1. The third-order valence-corrected chi connectivity index (χ3v) is 5.68. The first-order chi connectivity index (χ1) is 14.3. The maximum Gasteiger partial charge on any atom is 0.208 e. The van der Waals surface area contributed by atoms with Gasteiger partial charge in [-0.15, -0.1) is 0 Å². The molecule has 0 aliphatic carbocycles. The predicted molar refractivity (Wildman–Crippen MR) is 120 cm³/mol. The van der Waals surface area contributed by atoms with Crippen LogP contribution in [0, 0.1) is 11.8 Å². The normalized spacial score (nSPS) is 11.2. The van der Waals surface area contributed by atoms with Crippen molar-refractivity contribution in [3.8, 4) is 23.3 Å². The molecule has 0 amide bonds. The van der Waals surface area contributed by atoms with Crippen molar-refractivity contribution in [3.05, 3.63) is 47.5 Å². The number of nitrogens with two attached hydrogens (primary N) is 1. The zero-order valence-electron chi connectivity index (χ0n) is 16.5. The first-order valence-corrected chi connectivity index (χ1v) is 12.1. The van der Waals surface area contributed by atoms with Crippen molar-refractivity contribution in [2.45, 2.75) is 19.3 Å². The van der Waals surface area contributed by atoms with Gasteiger partial charge in [-0.2, -0.15) is 0 Å². The zero-order valence-corrected chi connectivity index (χ0v) is 18.1. The van der Waals surface area contributed by atoms with E-state index in [9.17, 15) is 13.5 Å². The van der Waals surface area contributed by atoms with Crippen molar-refractivity contribution in [1.29, 1.82) is 0 Å². The highest BCUT2D eigenvalue weighted by Crippen LogP contribution is 2.31. The Kier molecular flexibility index (Phi) is 7.15. The Morgan fingerprint density at radius 2 is 2.10 bits per heavy atom. The fourth-order valence-corrected chi connectivity index (χ4v) is 4.08. The topological polar surface area (TPSA) is 115 Å². The van der Waals surface area contributed by atoms with E-state index in [1.165, 1.54) is 11.3 Å². The molecular formula is C21H23N3O4S2. The fourth-order valence-electron chi connectivity index (χ4n) is 2.77. The number of unbranched alkanes of at least 4 members (excludes halogenated alkanes) is 1. The number of fused-ring (bicyclic) bond motifs is 1. The molecule has 0 radical (unpaired) electrons. The highest BCUT2D eigenvalue weighted by atomic mass is 32.2. The first-order valence-electron chi connectivity index (χ1n) is 9.34. The second-order valence-corrected chi connectivity index (χ2v) is 9.64. The maximum absolute atomic E-state index is 11.0.